The van der Waals surface area contributed by atoms with Crippen molar-refractivity contribution >= 4 is 22.8 Å². The van der Waals surface area contributed by atoms with Crippen LogP contribution >= 0.6 is 0 Å². The van der Waals surface area contributed by atoms with E-state index in [0.717, 1.165) is 78.9 Å². The minimum absolute atomic E-state index is 0.0378. The van der Waals surface area contributed by atoms with Crippen molar-refractivity contribution in [2.75, 3.05) is 4.90 Å². The van der Waals surface area contributed by atoms with Crippen LogP contribution in [0.5, 0.6) is 0 Å². The van der Waals surface area contributed by atoms with Gasteiger partial charge in [-0.15, -0.1) is 5.10 Å². The molecule has 0 radical (unpaired) electrons. The fraction of sp³-hybridized carbons (Fsp3) is 0.423. The molecule has 0 saturated heterocycles. The first-order chi connectivity index (χ1) is 17.1. The fourth-order valence-corrected chi connectivity index (χ4v) is 6.00. The Bertz CT molecular complexity index is 1340. The average Bonchev–Trinajstić information content (AvgIpc) is 3.53. The maximum atomic E-state index is 12.0. The van der Waals surface area contributed by atoms with Gasteiger partial charge in [0.2, 0.25) is 0 Å². The Balaban J connectivity index is 1.42. The van der Waals surface area contributed by atoms with Crippen LogP contribution in [0.2, 0.25) is 0 Å². The number of tetrazole rings is 1. The van der Waals surface area contributed by atoms with Crippen molar-refractivity contribution in [1.82, 2.24) is 30.2 Å². The number of carboxylic acid groups (broad SMARTS) is 1. The van der Waals surface area contributed by atoms with Crippen LogP contribution in [0.25, 0.3) is 11.0 Å². The number of benzene rings is 2. The minimum Gasteiger partial charge on any atom is -0.465 e. The molecule has 2 N–H and O–H groups in total. The molecule has 1 saturated carbocycles. The van der Waals surface area contributed by atoms with Gasteiger partial charge in [0.1, 0.15) is 5.82 Å². The molecule has 0 bridgehead atoms. The third-order valence-electron chi connectivity index (χ3n) is 7.75. The number of rotatable bonds is 4. The molecule has 6 rings (SSSR count). The van der Waals surface area contributed by atoms with E-state index in [9.17, 15) is 9.90 Å². The number of aromatic amines is 1. The lowest BCUT2D eigenvalue weighted by Gasteiger charge is -2.33. The first-order valence-corrected chi connectivity index (χ1v) is 12.4. The maximum Gasteiger partial charge on any atom is 0.412 e. The van der Waals surface area contributed by atoms with Gasteiger partial charge in [0.05, 0.1) is 16.7 Å². The van der Waals surface area contributed by atoms with Gasteiger partial charge in [0, 0.05) is 30.0 Å². The van der Waals surface area contributed by atoms with Crippen molar-refractivity contribution in [2.45, 2.75) is 69.9 Å². The number of imidazole rings is 1. The topological polar surface area (TPSA) is 113 Å². The number of hydrogen-bond donors (Lipinski definition) is 2. The summed E-state index contributed by atoms with van der Waals surface area (Å²) >= 11 is 0. The number of fused-ring (bicyclic) bond motifs is 3. The van der Waals surface area contributed by atoms with E-state index in [1.807, 2.05) is 19.1 Å². The van der Waals surface area contributed by atoms with Crippen molar-refractivity contribution < 1.29 is 9.90 Å². The predicted octanol–water partition coefficient (Wildman–Crippen LogP) is 4.86. The fourth-order valence-electron chi connectivity index (χ4n) is 6.00. The molecule has 9 nitrogen and oxygen atoms in total. The molecule has 2 aromatic heterocycles. The zero-order valence-corrected chi connectivity index (χ0v) is 19.8. The van der Waals surface area contributed by atoms with Crippen molar-refractivity contribution in [3.05, 3.63) is 65.2 Å². The lowest BCUT2D eigenvalue weighted by Crippen LogP contribution is -2.41. The molecule has 3 heterocycles. The number of aromatic nitrogens is 6. The molecule has 4 aromatic rings. The van der Waals surface area contributed by atoms with Crippen LogP contribution in [0.15, 0.2) is 42.5 Å². The Kier molecular flexibility index (Phi) is 5.47. The summed E-state index contributed by atoms with van der Waals surface area (Å²) in [6.07, 6.45) is 5.56. The summed E-state index contributed by atoms with van der Waals surface area (Å²) in [5.74, 6) is 2.28. The van der Waals surface area contributed by atoms with Gasteiger partial charge in [0.15, 0.2) is 5.82 Å². The summed E-state index contributed by atoms with van der Waals surface area (Å²) in [6.45, 7) is 1.98. The second-order valence-electron chi connectivity index (χ2n) is 9.82. The molecule has 2 aliphatic rings. The van der Waals surface area contributed by atoms with E-state index in [0.29, 0.717) is 12.0 Å². The molecule has 0 unspecified atom stereocenters. The largest absolute Gasteiger partial charge is 0.465 e. The highest BCUT2D eigenvalue weighted by atomic mass is 16.4. The van der Waals surface area contributed by atoms with Crippen LogP contribution in [0, 0.1) is 0 Å². The van der Waals surface area contributed by atoms with Gasteiger partial charge in [-0.05, 0) is 73.6 Å². The number of H-pyrrole nitrogens is 1. The predicted molar refractivity (Wildman–Crippen MR) is 132 cm³/mol. The molecule has 1 atom stereocenters. The monoisotopic (exact) mass is 471 g/mol. The van der Waals surface area contributed by atoms with Crippen molar-refractivity contribution in [1.29, 1.82) is 0 Å². The summed E-state index contributed by atoms with van der Waals surface area (Å²) in [5.41, 5.74) is 5.12. The van der Waals surface area contributed by atoms with Gasteiger partial charge in [-0.25, -0.2) is 14.9 Å². The highest BCUT2D eigenvalue weighted by Crippen LogP contribution is 2.42. The average molecular weight is 472 g/mol. The Labute approximate surface area is 203 Å². The SMILES string of the molecule is C[C@H]1CCc2c(ccc3c2nc(Cc2ccccc2)n3C2CCC(c3nnn[nH]3)CC2)N1C(=O)O. The van der Waals surface area contributed by atoms with Crippen LogP contribution in [-0.4, -0.2) is 47.4 Å². The maximum absolute atomic E-state index is 12.0. The number of hydrogen-bond acceptors (Lipinski definition) is 5. The van der Waals surface area contributed by atoms with Crippen LogP contribution in [0.3, 0.4) is 0 Å². The van der Waals surface area contributed by atoms with Gasteiger partial charge in [0.25, 0.3) is 0 Å². The van der Waals surface area contributed by atoms with Gasteiger partial charge < -0.3 is 9.67 Å². The summed E-state index contributed by atoms with van der Waals surface area (Å²) in [6, 6.07) is 14.8. The zero-order valence-electron chi connectivity index (χ0n) is 19.8. The third-order valence-corrected chi connectivity index (χ3v) is 7.75. The number of amides is 1. The lowest BCUT2D eigenvalue weighted by molar-refractivity contribution is 0.198. The van der Waals surface area contributed by atoms with Gasteiger partial charge in [-0.2, -0.15) is 0 Å². The van der Waals surface area contributed by atoms with E-state index in [-0.39, 0.29) is 6.04 Å². The quantitative estimate of drug-likeness (QED) is 0.440. The molecular weight excluding hydrogens is 442 g/mol. The van der Waals surface area contributed by atoms with E-state index < -0.39 is 6.09 Å². The number of carbonyl (C=O) groups is 1. The van der Waals surface area contributed by atoms with Crippen LogP contribution in [-0.2, 0) is 12.8 Å². The summed E-state index contributed by atoms with van der Waals surface area (Å²) < 4.78 is 2.43. The van der Waals surface area contributed by atoms with Crippen LogP contribution in [0.4, 0.5) is 10.5 Å². The van der Waals surface area contributed by atoms with Gasteiger partial charge >= 0.3 is 6.09 Å². The Hall–Kier alpha value is -3.75. The van der Waals surface area contributed by atoms with Crippen molar-refractivity contribution in [2.24, 2.45) is 0 Å². The van der Waals surface area contributed by atoms with Crippen molar-refractivity contribution in [3.63, 3.8) is 0 Å². The number of aryl methyl sites for hydroxylation is 1. The number of anilines is 1. The van der Waals surface area contributed by atoms with Gasteiger partial charge in [-0.3, -0.25) is 4.90 Å². The van der Waals surface area contributed by atoms with E-state index >= 15 is 0 Å². The molecule has 35 heavy (non-hydrogen) atoms. The number of nitrogens with zero attached hydrogens (tertiary/aromatic N) is 6. The van der Waals surface area contributed by atoms with Crippen molar-refractivity contribution in [3.8, 4) is 0 Å². The molecule has 0 spiro atoms. The van der Waals surface area contributed by atoms with E-state index in [1.165, 1.54) is 10.5 Å². The highest BCUT2D eigenvalue weighted by molar-refractivity contribution is 5.94. The second-order valence-corrected chi connectivity index (χ2v) is 9.82. The first kappa shape index (κ1) is 21.8. The molecular formula is C26H29N7O2. The summed E-state index contributed by atoms with van der Waals surface area (Å²) in [4.78, 5) is 18.7. The lowest BCUT2D eigenvalue weighted by atomic mass is 9.85. The molecule has 2 aromatic carbocycles. The van der Waals surface area contributed by atoms with E-state index in [4.69, 9.17) is 4.98 Å². The molecule has 1 fully saturated rings. The zero-order chi connectivity index (χ0) is 23.9. The molecule has 1 aliphatic heterocycles. The normalized spacial score (nSPS) is 22.3. The van der Waals surface area contributed by atoms with Crippen LogP contribution < -0.4 is 4.90 Å². The minimum atomic E-state index is -0.901. The third kappa shape index (κ3) is 3.84. The molecule has 9 heteroatoms. The molecule has 180 valence electrons. The Morgan fingerprint density at radius 2 is 1.89 bits per heavy atom. The second kappa shape index (κ2) is 8.79. The van der Waals surface area contributed by atoms with Crippen LogP contribution in [0.1, 0.15) is 73.8 Å². The standard InChI is InChI=1S/C26H29N7O2/c1-16-7-12-20-21(32(16)26(34)35)13-14-22-24(20)27-23(15-17-5-3-2-4-6-17)33(22)19-10-8-18(9-11-19)25-28-30-31-29-25/h2-6,13-14,16,18-19H,7-12,15H2,1H3,(H,34,35)(H,28,29,30,31)/t16-,18?,19?/m0/s1. The molecule has 1 aliphatic carbocycles. The summed E-state index contributed by atoms with van der Waals surface area (Å²) in [7, 11) is 0. The first-order valence-electron chi connectivity index (χ1n) is 12.4. The highest BCUT2D eigenvalue weighted by Gasteiger charge is 2.33. The smallest absolute Gasteiger partial charge is 0.412 e. The van der Waals surface area contributed by atoms with E-state index in [1.54, 1.807) is 0 Å². The Morgan fingerprint density at radius 1 is 1.09 bits per heavy atom. The molecule has 1 amide bonds. The summed E-state index contributed by atoms with van der Waals surface area (Å²) in [5, 5.41) is 24.5. The number of nitrogens with one attached hydrogen (secondary N) is 1. The Morgan fingerprint density at radius 3 is 2.60 bits per heavy atom. The van der Waals surface area contributed by atoms with Gasteiger partial charge in [-0.1, -0.05) is 30.3 Å². The van der Waals surface area contributed by atoms with E-state index in [2.05, 4.69) is 55.5 Å².